The number of fused-ring (bicyclic) bond motifs is 1. The maximum absolute atomic E-state index is 12.0. The minimum Gasteiger partial charge on any atom is -0.444 e. The molecular weight excluding hydrogens is 452 g/mol. The number of carbonyl (C=O) groups is 1. The molecule has 6 nitrogen and oxygen atoms in total. The average Bonchev–Trinajstić information content (AvgIpc) is 3.33. The molecule has 4 aromatic rings. The van der Waals surface area contributed by atoms with E-state index in [1.54, 1.807) is 23.5 Å². The number of carbonyl (C=O) groups excluding carboxylic acids is 1. The molecule has 3 aromatic heterocycles. The predicted octanol–water partition coefficient (Wildman–Crippen LogP) is 4.75. The van der Waals surface area contributed by atoms with E-state index in [4.69, 9.17) is 16.0 Å². The lowest BCUT2D eigenvalue weighted by atomic mass is 10.2. The van der Waals surface area contributed by atoms with Gasteiger partial charge in [-0.2, -0.15) is 4.98 Å². The Balaban J connectivity index is 1.45. The molecule has 27 heavy (non-hydrogen) atoms. The van der Waals surface area contributed by atoms with Crippen LogP contribution in [0.4, 0.5) is 0 Å². The number of hydrogen-bond donors (Lipinski definition) is 1. The normalized spacial score (nSPS) is 11.2. The van der Waals surface area contributed by atoms with Crippen LogP contribution in [0.1, 0.15) is 21.1 Å². The first kappa shape index (κ1) is 18.2. The van der Waals surface area contributed by atoms with Crippen LogP contribution in [-0.2, 0) is 6.42 Å². The van der Waals surface area contributed by atoms with Gasteiger partial charge in [-0.25, -0.2) is 4.52 Å². The number of halogens is 2. The minimum atomic E-state index is -0.233. The highest BCUT2D eigenvalue weighted by atomic mass is 79.9. The molecule has 1 aromatic carbocycles. The van der Waals surface area contributed by atoms with E-state index in [9.17, 15) is 4.79 Å². The van der Waals surface area contributed by atoms with Crippen molar-refractivity contribution in [2.45, 2.75) is 13.3 Å². The zero-order valence-corrected chi connectivity index (χ0v) is 17.4. The summed E-state index contributed by atoms with van der Waals surface area (Å²) in [4.78, 5) is 18.6. The molecule has 0 saturated carbocycles. The Morgan fingerprint density at radius 1 is 1.30 bits per heavy atom. The van der Waals surface area contributed by atoms with Crippen molar-refractivity contribution in [3.05, 3.63) is 62.4 Å². The zero-order chi connectivity index (χ0) is 19.0. The summed E-state index contributed by atoms with van der Waals surface area (Å²) in [6.45, 7) is 2.51. The molecule has 138 valence electrons. The van der Waals surface area contributed by atoms with Gasteiger partial charge < -0.3 is 9.73 Å². The monoisotopic (exact) mass is 464 g/mol. The number of rotatable bonds is 5. The lowest BCUT2D eigenvalue weighted by molar-refractivity contribution is 0.0925. The van der Waals surface area contributed by atoms with Gasteiger partial charge in [-0.15, -0.1) is 5.10 Å². The molecule has 0 aliphatic rings. The Hall–Kier alpha value is -2.16. The number of amides is 1. The summed E-state index contributed by atoms with van der Waals surface area (Å²) in [7, 11) is 0. The average molecular weight is 466 g/mol. The molecule has 0 radical (unpaired) electrons. The quantitative estimate of drug-likeness (QED) is 0.462. The molecule has 1 amide bonds. The summed E-state index contributed by atoms with van der Waals surface area (Å²) in [6, 6.07) is 10.8. The molecule has 0 aliphatic heterocycles. The lowest BCUT2D eigenvalue weighted by Gasteiger charge is -2.02. The summed E-state index contributed by atoms with van der Waals surface area (Å²) in [5.41, 5.74) is 1.95. The van der Waals surface area contributed by atoms with Crippen LogP contribution in [0.25, 0.3) is 16.3 Å². The first-order valence-electron chi connectivity index (χ1n) is 8.16. The van der Waals surface area contributed by atoms with Gasteiger partial charge in [-0.3, -0.25) is 4.79 Å². The minimum absolute atomic E-state index is 0.233. The van der Waals surface area contributed by atoms with Crippen LogP contribution in [0.2, 0.25) is 5.02 Å². The van der Waals surface area contributed by atoms with Gasteiger partial charge in [0.2, 0.25) is 4.96 Å². The summed E-state index contributed by atoms with van der Waals surface area (Å²) < 4.78 is 7.62. The Morgan fingerprint density at radius 2 is 2.07 bits per heavy atom. The molecule has 3 heterocycles. The summed E-state index contributed by atoms with van der Waals surface area (Å²) in [6.07, 6.45) is 0.700. The lowest BCUT2D eigenvalue weighted by Crippen LogP contribution is -2.25. The molecule has 0 aliphatic carbocycles. The highest BCUT2D eigenvalue weighted by molar-refractivity contribution is 9.10. The molecule has 0 bridgehead atoms. The number of aryl methyl sites for hydroxylation is 1. The van der Waals surface area contributed by atoms with E-state index in [0.717, 1.165) is 21.1 Å². The van der Waals surface area contributed by atoms with Gasteiger partial charge in [-0.05, 0) is 59.3 Å². The van der Waals surface area contributed by atoms with Crippen LogP contribution >= 0.6 is 38.9 Å². The summed E-state index contributed by atoms with van der Waals surface area (Å²) in [5, 5.41) is 8.13. The van der Waals surface area contributed by atoms with Crippen molar-refractivity contribution in [1.82, 2.24) is 19.9 Å². The summed E-state index contributed by atoms with van der Waals surface area (Å²) >= 11 is 10.7. The fourth-order valence-electron chi connectivity index (χ4n) is 2.65. The van der Waals surface area contributed by atoms with Gasteiger partial charge in [0.1, 0.15) is 0 Å². The van der Waals surface area contributed by atoms with E-state index in [0.29, 0.717) is 28.5 Å². The number of nitrogens with zero attached hydrogens (tertiary/aromatic N) is 3. The van der Waals surface area contributed by atoms with Crippen molar-refractivity contribution < 1.29 is 9.21 Å². The van der Waals surface area contributed by atoms with Gasteiger partial charge >= 0.3 is 0 Å². The predicted molar refractivity (Wildman–Crippen MR) is 108 cm³/mol. The van der Waals surface area contributed by atoms with E-state index < -0.39 is 0 Å². The number of benzene rings is 1. The molecule has 4 rings (SSSR count). The van der Waals surface area contributed by atoms with Crippen LogP contribution in [-0.4, -0.2) is 27.0 Å². The number of nitrogens with one attached hydrogen (secondary N) is 1. The molecule has 0 spiro atoms. The van der Waals surface area contributed by atoms with Gasteiger partial charge in [0.25, 0.3) is 5.91 Å². The first-order chi connectivity index (χ1) is 13.0. The summed E-state index contributed by atoms with van der Waals surface area (Å²) in [5.74, 6) is 0.723. The Kier molecular flexibility index (Phi) is 5.03. The number of hydrogen-bond acceptors (Lipinski definition) is 5. The zero-order valence-electron chi connectivity index (χ0n) is 14.2. The third kappa shape index (κ3) is 3.78. The smallest absolute Gasteiger partial charge is 0.287 e. The van der Waals surface area contributed by atoms with Crippen molar-refractivity contribution in [3.63, 3.8) is 0 Å². The van der Waals surface area contributed by atoms with E-state index in [2.05, 4.69) is 31.3 Å². The third-order valence-electron chi connectivity index (χ3n) is 4.05. The van der Waals surface area contributed by atoms with E-state index in [1.807, 2.05) is 35.7 Å². The maximum Gasteiger partial charge on any atom is 0.287 e. The van der Waals surface area contributed by atoms with Gasteiger partial charge in [-0.1, -0.05) is 22.9 Å². The van der Waals surface area contributed by atoms with Gasteiger partial charge in [0.05, 0.1) is 5.69 Å². The van der Waals surface area contributed by atoms with Gasteiger partial charge in [0, 0.05) is 28.4 Å². The van der Waals surface area contributed by atoms with Crippen molar-refractivity contribution in [2.24, 2.45) is 0 Å². The standard InChI is InChI=1S/C18H14BrClN4O2S/c1-10-14(8-9-21-17(25)13-6-7-15(19)26-13)27-18-22-16(23-24(10)18)11-2-4-12(20)5-3-11/h2-7H,8-9H2,1H3,(H,21,25). The highest BCUT2D eigenvalue weighted by Gasteiger charge is 2.15. The van der Waals surface area contributed by atoms with Gasteiger partial charge in [0.15, 0.2) is 16.3 Å². The molecule has 0 atom stereocenters. The molecule has 0 fully saturated rings. The van der Waals surface area contributed by atoms with Crippen molar-refractivity contribution in [3.8, 4) is 11.4 Å². The van der Waals surface area contributed by atoms with Crippen LogP contribution in [0.15, 0.2) is 45.5 Å². The van der Waals surface area contributed by atoms with Crippen LogP contribution in [0, 0.1) is 6.92 Å². The number of thiazole rings is 1. The second-order valence-corrected chi connectivity index (χ2v) is 8.14. The SMILES string of the molecule is Cc1c(CCNC(=O)c2ccc(Br)o2)sc2nc(-c3ccc(Cl)cc3)nn12. The van der Waals surface area contributed by atoms with E-state index in [1.165, 1.54) is 0 Å². The fraction of sp³-hybridized carbons (Fsp3) is 0.167. The molecule has 9 heteroatoms. The largest absolute Gasteiger partial charge is 0.444 e. The Bertz CT molecular complexity index is 1120. The first-order valence-corrected chi connectivity index (χ1v) is 10.1. The molecule has 0 unspecified atom stereocenters. The van der Waals surface area contributed by atoms with Crippen LogP contribution in [0.5, 0.6) is 0 Å². The fourth-order valence-corrected chi connectivity index (χ4v) is 4.14. The topological polar surface area (TPSA) is 72.4 Å². The van der Waals surface area contributed by atoms with Crippen LogP contribution < -0.4 is 5.32 Å². The second kappa shape index (κ2) is 7.46. The van der Waals surface area contributed by atoms with Crippen molar-refractivity contribution in [1.29, 1.82) is 0 Å². The molecule has 1 N–H and O–H groups in total. The van der Waals surface area contributed by atoms with Crippen LogP contribution in [0.3, 0.4) is 0 Å². The van der Waals surface area contributed by atoms with Crippen molar-refractivity contribution in [2.75, 3.05) is 6.54 Å². The Morgan fingerprint density at radius 3 is 2.74 bits per heavy atom. The van der Waals surface area contributed by atoms with E-state index in [-0.39, 0.29) is 11.7 Å². The number of aromatic nitrogens is 3. The van der Waals surface area contributed by atoms with Crippen molar-refractivity contribution >= 4 is 49.7 Å². The van der Waals surface area contributed by atoms with E-state index >= 15 is 0 Å². The third-order valence-corrected chi connectivity index (χ3v) is 5.92. The maximum atomic E-state index is 12.0. The highest BCUT2D eigenvalue weighted by Crippen LogP contribution is 2.25. The molecular formula is C18H14BrClN4O2S. The Labute approximate surface area is 172 Å². The second-order valence-electron chi connectivity index (χ2n) is 5.86. The number of furan rings is 1. The molecule has 0 saturated heterocycles.